The van der Waals surface area contributed by atoms with Crippen LogP contribution in [-0.2, 0) is 6.18 Å². The van der Waals surface area contributed by atoms with Gasteiger partial charge in [0.2, 0.25) is 0 Å². The van der Waals surface area contributed by atoms with Crippen LogP contribution in [0.1, 0.15) is 52.7 Å². The lowest BCUT2D eigenvalue weighted by molar-refractivity contribution is -0.142. The maximum Gasteiger partial charge on any atom is 0.433 e. The molecule has 9 heteroatoms. The van der Waals surface area contributed by atoms with Crippen LogP contribution in [0.25, 0.3) is 5.65 Å². The highest BCUT2D eigenvalue weighted by Crippen LogP contribution is 2.34. The van der Waals surface area contributed by atoms with Crippen molar-refractivity contribution >= 4 is 11.6 Å². The van der Waals surface area contributed by atoms with Crippen LogP contribution in [0.4, 0.5) is 17.6 Å². The smallest absolute Gasteiger partial charge is 0.330 e. The molecule has 1 atom stereocenters. The molecule has 1 unspecified atom stereocenters. The lowest BCUT2D eigenvalue weighted by Crippen LogP contribution is -2.39. The summed E-state index contributed by atoms with van der Waals surface area (Å²) in [5.74, 6) is -1.13. The topological polar surface area (TPSA) is 50.5 Å². The van der Waals surface area contributed by atoms with Gasteiger partial charge in [0.25, 0.3) is 5.91 Å². The number of piperidine rings is 1. The summed E-state index contributed by atoms with van der Waals surface area (Å²) in [6.07, 6.45) is -2.54. The number of carbonyl (C=O) groups excluding carboxylic acids is 1. The Hall–Kier alpha value is -2.97. The van der Waals surface area contributed by atoms with Crippen LogP contribution in [0.2, 0.25) is 0 Å². The SMILES string of the molecule is Cc1cc(C(F)(F)F)n2nc(C3CCCCN3C(=O)c3ccccc3F)cc2n1. The van der Waals surface area contributed by atoms with E-state index in [1.54, 1.807) is 6.07 Å². The van der Waals surface area contributed by atoms with Crippen LogP contribution in [0.5, 0.6) is 0 Å². The number of carbonyl (C=O) groups is 1. The molecule has 2 aromatic heterocycles. The van der Waals surface area contributed by atoms with Crippen LogP contribution < -0.4 is 0 Å². The van der Waals surface area contributed by atoms with Gasteiger partial charge in [0.15, 0.2) is 5.65 Å². The zero-order valence-corrected chi connectivity index (χ0v) is 15.6. The Labute approximate surface area is 164 Å². The van der Waals surface area contributed by atoms with Crippen molar-refractivity contribution < 1.29 is 22.4 Å². The third-order valence-corrected chi connectivity index (χ3v) is 5.07. The van der Waals surface area contributed by atoms with Crippen LogP contribution >= 0.6 is 0 Å². The van der Waals surface area contributed by atoms with Gasteiger partial charge in [0.05, 0.1) is 17.3 Å². The second-order valence-electron chi connectivity index (χ2n) is 7.11. The molecule has 4 rings (SSSR count). The number of rotatable bonds is 2. The lowest BCUT2D eigenvalue weighted by Gasteiger charge is -2.34. The molecule has 1 fully saturated rings. The van der Waals surface area contributed by atoms with Crippen LogP contribution in [0.3, 0.4) is 0 Å². The average Bonchev–Trinajstić information content (AvgIpc) is 3.10. The number of fused-ring (bicyclic) bond motifs is 1. The third-order valence-electron chi connectivity index (χ3n) is 5.07. The standard InChI is InChI=1S/C20H18F4N4O/c1-12-10-17(20(22,23)24)28-18(25-12)11-15(26-28)16-8-4-5-9-27(16)19(29)13-6-2-3-7-14(13)21/h2-3,6-7,10-11,16H,4-5,8-9H2,1H3. The summed E-state index contributed by atoms with van der Waals surface area (Å²) in [6, 6.07) is 7.54. The Balaban J connectivity index is 1.77. The van der Waals surface area contributed by atoms with Gasteiger partial charge in [-0.25, -0.2) is 13.9 Å². The first kappa shape index (κ1) is 19.4. The van der Waals surface area contributed by atoms with Crippen molar-refractivity contribution in [2.45, 2.75) is 38.4 Å². The van der Waals surface area contributed by atoms with Crippen molar-refractivity contribution in [2.24, 2.45) is 0 Å². The molecular formula is C20H18F4N4O. The van der Waals surface area contributed by atoms with Gasteiger partial charge in [0.1, 0.15) is 11.5 Å². The molecule has 1 amide bonds. The highest BCUT2D eigenvalue weighted by molar-refractivity contribution is 5.94. The fraction of sp³-hybridized carbons (Fsp3) is 0.350. The molecule has 29 heavy (non-hydrogen) atoms. The number of halogens is 4. The fourth-order valence-electron chi connectivity index (χ4n) is 3.75. The number of aromatic nitrogens is 3. The molecule has 3 aromatic rings. The van der Waals surface area contributed by atoms with Gasteiger partial charge in [-0.2, -0.15) is 18.3 Å². The van der Waals surface area contributed by atoms with E-state index in [-0.39, 0.29) is 16.9 Å². The molecule has 152 valence electrons. The number of nitrogens with zero attached hydrogens (tertiary/aromatic N) is 4. The number of benzene rings is 1. The maximum absolute atomic E-state index is 14.1. The summed E-state index contributed by atoms with van der Waals surface area (Å²) in [6.45, 7) is 1.86. The molecule has 0 aliphatic carbocycles. The summed E-state index contributed by atoms with van der Waals surface area (Å²) in [7, 11) is 0. The molecule has 0 radical (unpaired) electrons. The molecule has 1 aromatic carbocycles. The van der Waals surface area contributed by atoms with Gasteiger partial charge in [-0.1, -0.05) is 12.1 Å². The zero-order valence-electron chi connectivity index (χ0n) is 15.6. The maximum atomic E-state index is 14.1. The zero-order chi connectivity index (χ0) is 20.8. The molecule has 1 aliphatic heterocycles. The number of alkyl halides is 3. The van der Waals surface area contributed by atoms with Crippen molar-refractivity contribution in [1.29, 1.82) is 0 Å². The van der Waals surface area contributed by atoms with Crippen LogP contribution in [-0.4, -0.2) is 31.9 Å². The summed E-state index contributed by atoms with van der Waals surface area (Å²) < 4.78 is 55.2. The first-order valence-electron chi connectivity index (χ1n) is 9.26. The third kappa shape index (κ3) is 3.56. The predicted molar refractivity (Wildman–Crippen MR) is 96.8 cm³/mol. The first-order chi connectivity index (χ1) is 13.8. The molecule has 1 saturated heterocycles. The quantitative estimate of drug-likeness (QED) is 0.586. The van der Waals surface area contributed by atoms with Gasteiger partial charge in [-0.05, 0) is 44.4 Å². The number of hydrogen-bond donors (Lipinski definition) is 0. The van der Waals surface area contributed by atoms with E-state index in [1.807, 2.05) is 0 Å². The summed E-state index contributed by atoms with van der Waals surface area (Å²) in [5.41, 5.74) is -0.379. The van der Waals surface area contributed by atoms with E-state index in [0.717, 1.165) is 23.4 Å². The minimum Gasteiger partial charge on any atom is -0.330 e. The van der Waals surface area contributed by atoms with E-state index in [2.05, 4.69) is 10.1 Å². The van der Waals surface area contributed by atoms with Gasteiger partial charge in [-0.15, -0.1) is 0 Å². The molecule has 0 N–H and O–H groups in total. The highest BCUT2D eigenvalue weighted by Gasteiger charge is 2.36. The van der Waals surface area contributed by atoms with Gasteiger partial charge in [0, 0.05) is 18.3 Å². The normalized spacial score (nSPS) is 17.7. The molecule has 5 nitrogen and oxygen atoms in total. The number of hydrogen-bond acceptors (Lipinski definition) is 3. The number of likely N-dealkylation sites (tertiary alicyclic amines) is 1. The Morgan fingerprint density at radius 3 is 2.66 bits per heavy atom. The Bertz CT molecular complexity index is 1080. The van der Waals surface area contributed by atoms with Crippen LogP contribution in [0, 0.1) is 12.7 Å². The summed E-state index contributed by atoms with van der Waals surface area (Å²) in [5, 5.41) is 4.14. The second-order valence-corrected chi connectivity index (χ2v) is 7.11. The Morgan fingerprint density at radius 1 is 1.17 bits per heavy atom. The van der Waals surface area contributed by atoms with E-state index in [1.165, 1.54) is 36.1 Å². The number of aryl methyl sites for hydroxylation is 1. The van der Waals surface area contributed by atoms with Crippen LogP contribution in [0.15, 0.2) is 36.4 Å². The largest absolute Gasteiger partial charge is 0.433 e. The van der Waals surface area contributed by atoms with Gasteiger partial charge < -0.3 is 4.90 Å². The number of amides is 1. The molecular weight excluding hydrogens is 388 g/mol. The van der Waals surface area contributed by atoms with E-state index >= 15 is 0 Å². The van der Waals surface area contributed by atoms with E-state index < -0.39 is 29.6 Å². The lowest BCUT2D eigenvalue weighted by atomic mass is 9.98. The van der Waals surface area contributed by atoms with Crippen molar-refractivity contribution in [3.05, 3.63) is 64.9 Å². The Kier molecular flexibility index (Phi) is 4.76. The minimum absolute atomic E-state index is 0.0619. The highest BCUT2D eigenvalue weighted by atomic mass is 19.4. The Morgan fingerprint density at radius 2 is 1.93 bits per heavy atom. The fourth-order valence-corrected chi connectivity index (χ4v) is 3.75. The molecule has 0 spiro atoms. The minimum atomic E-state index is -4.59. The van der Waals surface area contributed by atoms with Crippen molar-refractivity contribution in [3.63, 3.8) is 0 Å². The summed E-state index contributed by atoms with van der Waals surface area (Å²) in [4.78, 5) is 18.6. The van der Waals surface area contributed by atoms with Crippen molar-refractivity contribution in [2.75, 3.05) is 6.54 Å². The molecule has 1 aliphatic rings. The van der Waals surface area contributed by atoms with Gasteiger partial charge in [-0.3, -0.25) is 4.79 Å². The van der Waals surface area contributed by atoms with Gasteiger partial charge >= 0.3 is 6.18 Å². The average molecular weight is 406 g/mol. The first-order valence-corrected chi connectivity index (χ1v) is 9.26. The van der Waals surface area contributed by atoms with E-state index in [9.17, 15) is 22.4 Å². The van der Waals surface area contributed by atoms with E-state index in [4.69, 9.17) is 0 Å². The van der Waals surface area contributed by atoms with Crippen molar-refractivity contribution in [3.8, 4) is 0 Å². The predicted octanol–water partition coefficient (Wildman–Crippen LogP) is 4.56. The van der Waals surface area contributed by atoms with E-state index in [0.29, 0.717) is 18.7 Å². The monoisotopic (exact) mass is 406 g/mol. The molecule has 3 heterocycles. The summed E-state index contributed by atoms with van der Waals surface area (Å²) >= 11 is 0. The van der Waals surface area contributed by atoms with Crippen molar-refractivity contribution in [1.82, 2.24) is 19.5 Å². The second kappa shape index (κ2) is 7.13. The molecule has 0 saturated carbocycles. The molecule has 0 bridgehead atoms.